The Morgan fingerprint density at radius 1 is 1.33 bits per heavy atom. The van der Waals surface area contributed by atoms with Gasteiger partial charge in [-0.25, -0.2) is 0 Å². The van der Waals surface area contributed by atoms with Crippen LogP contribution in [0.15, 0.2) is 0 Å². The Hall–Kier alpha value is -0.860. The summed E-state index contributed by atoms with van der Waals surface area (Å²) in [5.74, 6) is 1.05. The van der Waals surface area contributed by atoms with Crippen molar-refractivity contribution in [1.82, 2.24) is 5.32 Å². The molecule has 2 aliphatic rings. The van der Waals surface area contributed by atoms with E-state index in [0.717, 1.165) is 25.7 Å². The predicted molar refractivity (Wildman–Crippen MR) is 70.8 cm³/mol. The Kier molecular flexibility index (Phi) is 3.79. The molecule has 0 aromatic carbocycles. The average molecular weight is 251 g/mol. The smallest absolute Gasteiger partial charge is 0.230 e. The molecule has 0 aromatic rings. The van der Waals surface area contributed by atoms with Crippen LogP contribution in [0.1, 0.15) is 59.3 Å². The Balaban J connectivity index is 2.34. The molecule has 1 saturated carbocycles. The van der Waals surface area contributed by atoms with E-state index < -0.39 is 0 Å². The largest absolute Gasteiger partial charge is 0.296 e. The molecule has 0 radical (unpaired) electrons. The molecule has 0 aromatic heterocycles. The third-order valence-electron chi connectivity index (χ3n) is 5.40. The lowest BCUT2D eigenvalue weighted by atomic mass is 9.53. The van der Waals surface area contributed by atoms with Crippen LogP contribution in [0, 0.1) is 23.2 Å². The second-order valence-corrected chi connectivity index (χ2v) is 6.32. The van der Waals surface area contributed by atoms with Crippen LogP contribution in [0.2, 0.25) is 0 Å². The molecule has 4 atom stereocenters. The van der Waals surface area contributed by atoms with Gasteiger partial charge in [0.1, 0.15) is 0 Å². The third kappa shape index (κ3) is 2.08. The van der Waals surface area contributed by atoms with E-state index in [4.69, 9.17) is 0 Å². The second kappa shape index (κ2) is 5.02. The van der Waals surface area contributed by atoms with Crippen LogP contribution in [0.5, 0.6) is 0 Å². The number of amides is 2. The Morgan fingerprint density at radius 3 is 2.72 bits per heavy atom. The molecule has 1 aliphatic heterocycles. The fourth-order valence-electron chi connectivity index (χ4n) is 4.20. The van der Waals surface area contributed by atoms with Crippen LogP contribution in [-0.4, -0.2) is 11.8 Å². The molecule has 1 heterocycles. The van der Waals surface area contributed by atoms with Crippen LogP contribution in [0.3, 0.4) is 0 Å². The van der Waals surface area contributed by atoms with Crippen LogP contribution in [0.25, 0.3) is 0 Å². The summed E-state index contributed by atoms with van der Waals surface area (Å²) < 4.78 is 0. The molecule has 1 spiro atoms. The van der Waals surface area contributed by atoms with Gasteiger partial charge in [0.25, 0.3) is 0 Å². The lowest BCUT2D eigenvalue weighted by molar-refractivity contribution is -0.150. The van der Waals surface area contributed by atoms with Crippen LogP contribution >= 0.6 is 0 Å². The van der Waals surface area contributed by atoms with Gasteiger partial charge in [0.05, 0.1) is 0 Å². The minimum Gasteiger partial charge on any atom is -0.296 e. The highest BCUT2D eigenvalue weighted by Crippen LogP contribution is 2.54. The summed E-state index contributed by atoms with van der Waals surface area (Å²) >= 11 is 0. The molecular weight excluding hydrogens is 226 g/mol. The number of hydrogen-bond donors (Lipinski definition) is 1. The highest BCUT2D eigenvalue weighted by atomic mass is 16.2. The first-order valence-electron chi connectivity index (χ1n) is 7.35. The monoisotopic (exact) mass is 251 g/mol. The number of piperidine rings is 1. The molecule has 2 rings (SSSR count). The fourth-order valence-corrected chi connectivity index (χ4v) is 4.20. The Labute approximate surface area is 110 Å². The van der Waals surface area contributed by atoms with Crippen molar-refractivity contribution < 1.29 is 9.59 Å². The van der Waals surface area contributed by atoms with Gasteiger partial charge in [-0.15, -0.1) is 0 Å². The molecule has 3 heteroatoms. The number of rotatable bonds is 2. The third-order valence-corrected chi connectivity index (χ3v) is 5.40. The lowest BCUT2D eigenvalue weighted by Gasteiger charge is -2.51. The maximum absolute atomic E-state index is 12.2. The summed E-state index contributed by atoms with van der Waals surface area (Å²) in [6.45, 7) is 6.64. The minimum atomic E-state index is -0.0624. The number of carbonyl (C=O) groups excluding carboxylic acids is 2. The summed E-state index contributed by atoms with van der Waals surface area (Å²) in [5.41, 5.74) is -0.0624. The van der Waals surface area contributed by atoms with Crippen molar-refractivity contribution in [3.8, 4) is 0 Å². The topological polar surface area (TPSA) is 46.2 Å². The first-order valence-corrected chi connectivity index (χ1v) is 7.35. The highest BCUT2D eigenvalue weighted by molar-refractivity contribution is 5.99. The van der Waals surface area contributed by atoms with Gasteiger partial charge >= 0.3 is 0 Å². The maximum Gasteiger partial charge on any atom is 0.230 e. The summed E-state index contributed by atoms with van der Waals surface area (Å²) in [7, 11) is 0. The Morgan fingerprint density at radius 2 is 2.06 bits per heavy atom. The van der Waals surface area contributed by atoms with Crippen molar-refractivity contribution in [2.45, 2.75) is 59.3 Å². The number of nitrogens with one attached hydrogen (secondary N) is 1. The number of carbonyl (C=O) groups is 2. The van der Waals surface area contributed by atoms with Crippen LogP contribution in [-0.2, 0) is 9.59 Å². The maximum atomic E-state index is 12.2. The number of hydrogen-bond acceptors (Lipinski definition) is 2. The van der Waals surface area contributed by atoms with E-state index in [9.17, 15) is 9.59 Å². The van der Waals surface area contributed by atoms with Gasteiger partial charge < -0.3 is 0 Å². The SMILES string of the molecule is CCCC1C(=O)NC(=O)CC12CCCC(C)C2C. The van der Waals surface area contributed by atoms with Gasteiger partial charge in [-0.05, 0) is 30.1 Å². The molecule has 2 amide bonds. The van der Waals surface area contributed by atoms with Crippen molar-refractivity contribution in [1.29, 1.82) is 0 Å². The van der Waals surface area contributed by atoms with Crippen LogP contribution < -0.4 is 5.32 Å². The highest BCUT2D eigenvalue weighted by Gasteiger charge is 2.53. The van der Waals surface area contributed by atoms with Gasteiger partial charge in [0, 0.05) is 12.3 Å². The predicted octanol–water partition coefficient (Wildman–Crippen LogP) is 2.89. The Bertz CT molecular complexity index is 352. The quantitative estimate of drug-likeness (QED) is 0.767. The zero-order valence-electron chi connectivity index (χ0n) is 11.8. The summed E-state index contributed by atoms with van der Waals surface area (Å²) in [6.07, 6.45) is 5.91. The molecule has 102 valence electrons. The van der Waals surface area contributed by atoms with E-state index in [0.29, 0.717) is 18.3 Å². The average Bonchev–Trinajstić information content (AvgIpc) is 2.30. The van der Waals surface area contributed by atoms with Gasteiger partial charge in [0.15, 0.2) is 0 Å². The van der Waals surface area contributed by atoms with E-state index in [1.807, 2.05) is 0 Å². The molecule has 1 saturated heterocycles. The number of imide groups is 1. The molecule has 1 aliphatic carbocycles. The van der Waals surface area contributed by atoms with E-state index in [1.165, 1.54) is 6.42 Å². The van der Waals surface area contributed by atoms with E-state index in [-0.39, 0.29) is 23.1 Å². The molecule has 1 N–H and O–H groups in total. The molecule has 4 unspecified atom stereocenters. The lowest BCUT2D eigenvalue weighted by Crippen LogP contribution is -2.56. The first-order chi connectivity index (χ1) is 8.51. The minimum absolute atomic E-state index is 0.0194. The van der Waals surface area contributed by atoms with E-state index >= 15 is 0 Å². The molecule has 0 bridgehead atoms. The van der Waals surface area contributed by atoms with E-state index in [2.05, 4.69) is 26.1 Å². The van der Waals surface area contributed by atoms with Crippen molar-refractivity contribution in [2.24, 2.45) is 23.2 Å². The van der Waals surface area contributed by atoms with Gasteiger partial charge in [-0.2, -0.15) is 0 Å². The fraction of sp³-hybridized carbons (Fsp3) is 0.867. The van der Waals surface area contributed by atoms with Crippen molar-refractivity contribution >= 4 is 11.8 Å². The van der Waals surface area contributed by atoms with E-state index in [1.54, 1.807) is 0 Å². The zero-order chi connectivity index (χ0) is 13.3. The summed E-state index contributed by atoms with van der Waals surface area (Å²) in [5, 5.41) is 2.54. The molecule has 2 fully saturated rings. The van der Waals surface area contributed by atoms with Gasteiger partial charge in [0.2, 0.25) is 11.8 Å². The van der Waals surface area contributed by atoms with Crippen molar-refractivity contribution in [3.63, 3.8) is 0 Å². The summed E-state index contributed by atoms with van der Waals surface area (Å²) in [6, 6.07) is 0. The molecule has 18 heavy (non-hydrogen) atoms. The second-order valence-electron chi connectivity index (χ2n) is 6.32. The van der Waals surface area contributed by atoms with Crippen LogP contribution in [0.4, 0.5) is 0 Å². The molecule has 3 nitrogen and oxygen atoms in total. The first kappa shape index (κ1) is 13.6. The standard InChI is InChI=1S/C15H25NO2/c1-4-6-12-14(18)16-13(17)9-15(12)8-5-7-10(2)11(15)3/h10-12H,4-9H2,1-3H3,(H,16,17,18). The zero-order valence-corrected chi connectivity index (χ0v) is 11.8. The van der Waals surface area contributed by atoms with Crippen molar-refractivity contribution in [3.05, 3.63) is 0 Å². The van der Waals surface area contributed by atoms with Gasteiger partial charge in [-0.3, -0.25) is 14.9 Å². The normalized spacial score (nSPS) is 40.9. The van der Waals surface area contributed by atoms with Gasteiger partial charge in [-0.1, -0.05) is 40.0 Å². The van der Waals surface area contributed by atoms with Crippen molar-refractivity contribution in [2.75, 3.05) is 0 Å². The summed E-state index contributed by atoms with van der Waals surface area (Å²) in [4.78, 5) is 24.0. The molecular formula is C15H25NO2.